The number of hydrogen-bond acceptors (Lipinski definition) is 5. The van der Waals surface area contributed by atoms with Gasteiger partial charge in [-0.2, -0.15) is 0 Å². The van der Waals surface area contributed by atoms with Crippen molar-refractivity contribution in [3.8, 4) is 0 Å². The van der Waals surface area contributed by atoms with Crippen molar-refractivity contribution in [2.75, 3.05) is 11.4 Å². The van der Waals surface area contributed by atoms with Gasteiger partial charge in [0.1, 0.15) is 17.5 Å². The van der Waals surface area contributed by atoms with E-state index in [0.717, 1.165) is 48.1 Å². The molecule has 0 saturated carbocycles. The predicted octanol–water partition coefficient (Wildman–Crippen LogP) is 3.89. The van der Waals surface area contributed by atoms with Gasteiger partial charge in [-0.05, 0) is 69.2 Å². The summed E-state index contributed by atoms with van der Waals surface area (Å²) in [4.78, 5) is 28.1. The SMILES string of the molecule is Cc1nccc(N2CCCc3nc(C(C)NC(=O)c4ccc(F)cc4)ccc32)n1. The van der Waals surface area contributed by atoms with Crippen LogP contribution in [-0.4, -0.2) is 27.4 Å². The molecule has 6 nitrogen and oxygen atoms in total. The lowest BCUT2D eigenvalue weighted by Crippen LogP contribution is -2.29. The summed E-state index contributed by atoms with van der Waals surface area (Å²) >= 11 is 0. The molecule has 29 heavy (non-hydrogen) atoms. The number of carbonyl (C=O) groups excluding carboxylic acids is 1. The van der Waals surface area contributed by atoms with Gasteiger partial charge in [0.05, 0.1) is 23.1 Å². The first-order valence-corrected chi connectivity index (χ1v) is 9.65. The number of pyridine rings is 1. The number of carbonyl (C=O) groups is 1. The highest BCUT2D eigenvalue weighted by Crippen LogP contribution is 2.32. The summed E-state index contributed by atoms with van der Waals surface area (Å²) in [6.45, 7) is 4.65. The lowest BCUT2D eigenvalue weighted by molar-refractivity contribution is 0.0939. The van der Waals surface area contributed by atoms with Gasteiger partial charge >= 0.3 is 0 Å². The molecule has 3 heterocycles. The normalized spacial score (nSPS) is 14.2. The molecular weight excluding hydrogens is 369 g/mol. The van der Waals surface area contributed by atoms with Gasteiger partial charge in [0.25, 0.3) is 5.91 Å². The van der Waals surface area contributed by atoms with Crippen LogP contribution < -0.4 is 10.2 Å². The quantitative estimate of drug-likeness (QED) is 0.731. The molecule has 1 aliphatic heterocycles. The average molecular weight is 391 g/mol. The Labute approximate surface area is 168 Å². The summed E-state index contributed by atoms with van der Waals surface area (Å²) in [5.41, 5.74) is 3.24. The molecule has 1 atom stereocenters. The van der Waals surface area contributed by atoms with Crippen LogP contribution in [0, 0.1) is 12.7 Å². The number of rotatable bonds is 4. The molecule has 4 rings (SSSR count). The number of anilines is 2. The van der Waals surface area contributed by atoms with Crippen molar-refractivity contribution in [2.24, 2.45) is 0 Å². The van der Waals surface area contributed by atoms with Crippen LogP contribution in [0.25, 0.3) is 0 Å². The van der Waals surface area contributed by atoms with Gasteiger partial charge in [-0.25, -0.2) is 14.4 Å². The summed E-state index contributed by atoms with van der Waals surface area (Å²) < 4.78 is 13.1. The first kappa shape index (κ1) is 19.0. The molecule has 1 unspecified atom stereocenters. The van der Waals surface area contributed by atoms with Crippen LogP contribution in [0.4, 0.5) is 15.9 Å². The number of fused-ring (bicyclic) bond motifs is 1. The molecule has 148 valence electrons. The summed E-state index contributed by atoms with van der Waals surface area (Å²) in [6.07, 6.45) is 3.62. The zero-order valence-corrected chi connectivity index (χ0v) is 16.4. The van der Waals surface area contributed by atoms with Gasteiger partial charge in [-0.3, -0.25) is 9.78 Å². The van der Waals surface area contributed by atoms with E-state index in [1.807, 2.05) is 32.0 Å². The summed E-state index contributed by atoms with van der Waals surface area (Å²) in [5, 5.41) is 2.93. The third-order valence-corrected chi connectivity index (χ3v) is 4.99. The molecule has 0 saturated heterocycles. The van der Waals surface area contributed by atoms with E-state index in [1.54, 1.807) is 6.20 Å². The average Bonchev–Trinajstić information content (AvgIpc) is 2.73. The number of nitrogens with one attached hydrogen (secondary N) is 1. The van der Waals surface area contributed by atoms with Crippen LogP contribution in [0.1, 0.15) is 47.0 Å². The molecule has 0 fully saturated rings. The maximum atomic E-state index is 13.1. The second kappa shape index (κ2) is 7.95. The fraction of sp³-hybridized carbons (Fsp3) is 0.273. The second-order valence-corrected chi connectivity index (χ2v) is 7.12. The van der Waals surface area contributed by atoms with Gasteiger partial charge in [0, 0.05) is 18.3 Å². The molecule has 1 aliphatic rings. The lowest BCUT2D eigenvalue weighted by atomic mass is 10.1. The largest absolute Gasteiger partial charge is 0.344 e. The topological polar surface area (TPSA) is 71.0 Å². The van der Waals surface area contributed by atoms with Crippen LogP contribution in [0.15, 0.2) is 48.7 Å². The van der Waals surface area contributed by atoms with Crippen LogP contribution >= 0.6 is 0 Å². The minimum Gasteiger partial charge on any atom is -0.344 e. The zero-order chi connectivity index (χ0) is 20.4. The molecular formula is C22H22FN5O. The number of nitrogens with zero attached hydrogens (tertiary/aromatic N) is 4. The Bertz CT molecular complexity index is 1040. The van der Waals surface area contributed by atoms with Crippen molar-refractivity contribution < 1.29 is 9.18 Å². The van der Waals surface area contributed by atoms with Crippen molar-refractivity contribution in [3.63, 3.8) is 0 Å². The van der Waals surface area contributed by atoms with Crippen molar-refractivity contribution in [1.82, 2.24) is 20.3 Å². The monoisotopic (exact) mass is 391 g/mol. The minimum atomic E-state index is -0.366. The van der Waals surface area contributed by atoms with E-state index in [-0.39, 0.29) is 17.8 Å². The van der Waals surface area contributed by atoms with Crippen LogP contribution in [0.2, 0.25) is 0 Å². The predicted molar refractivity (Wildman–Crippen MR) is 109 cm³/mol. The minimum absolute atomic E-state index is 0.255. The van der Waals surface area contributed by atoms with E-state index in [4.69, 9.17) is 4.98 Å². The second-order valence-electron chi connectivity index (χ2n) is 7.12. The Balaban J connectivity index is 1.54. The summed E-state index contributed by atoms with van der Waals surface area (Å²) in [6, 6.07) is 11.1. The number of aromatic nitrogens is 3. The Morgan fingerprint density at radius 3 is 2.69 bits per heavy atom. The van der Waals surface area contributed by atoms with Crippen molar-refractivity contribution in [3.05, 3.63) is 77.3 Å². The number of amides is 1. The van der Waals surface area contributed by atoms with E-state index in [0.29, 0.717) is 5.56 Å². The van der Waals surface area contributed by atoms with Crippen molar-refractivity contribution >= 4 is 17.4 Å². The van der Waals surface area contributed by atoms with Crippen molar-refractivity contribution in [2.45, 2.75) is 32.7 Å². The Hall–Kier alpha value is -3.35. The van der Waals surface area contributed by atoms with Crippen LogP contribution in [-0.2, 0) is 6.42 Å². The number of benzene rings is 1. The fourth-order valence-electron chi connectivity index (χ4n) is 3.49. The lowest BCUT2D eigenvalue weighted by Gasteiger charge is -2.30. The standard InChI is InChI=1S/C22H22FN5O/c1-14(25-22(29)16-5-7-17(23)8-6-16)18-9-10-20-19(27-18)4-3-13-28(20)21-11-12-24-15(2)26-21/h5-12,14H,3-4,13H2,1-2H3,(H,25,29). The number of hydrogen-bond donors (Lipinski definition) is 1. The van der Waals surface area contributed by atoms with Crippen LogP contribution in [0.3, 0.4) is 0 Å². The van der Waals surface area contributed by atoms with Gasteiger partial charge in [0.2, 0.25) is 0 Å². The Kier molecular flexibility index (Phi) is 5.20. The molecule has 3 aromatic rings. The smallest absolute Gasteiger partial charge is 0.251 e. The fourth-order valence-corrected chi connectivity index (χ4v) is 3.49. The molecule has 0 radical (unpaired) electrons. The number of halogens is 1. The maximum Gasteiger partial charge on any atom is 0.251 e. The van der Waals surface area contributed by atoms with Gasteiger partial charge in [0.15, 0.2) is 0 Å². The first-order valence-electron chi connectivity index (χ1n) is 9.65. The molecule has 1 N–H and O–H groups in total. The highest BCUT2D eigenvalue weighted by molar-refractivity contribution is 5.94. The number of aryl methyl sites for hydroxylation is 2. The molecule has 7 heteroatoms. The molecule has 0 spiro atoms. The highest BCUT2D eigenvalue weighted by Gasteiger charge is 2.22. The van der Waals surface area contributed by atoms with Gasteiger partial charge < -0.3 is 10.2 Å². The van der Waals surface area contributed by atoms with E-state index >= 15 is 0 Å². The van der Waals surface area contributed by atoms with E-state index in [9.17, 15) is 9.18 Å². The third kappa shape index (κ3) is 4.08. The zero-order valence-electron chi connectivity index (χ0n) is 16.4. The highest BCUT2D eigenvalue weighted by atomic mass is 19.1. The van der Waals surface area contributed by atoms with E-state index < -0.39 is 0 Å². The first-order chi connectivity index (χ1) is 14.0. The Morgan fingerprint density at radius 1 is 1.14 bits per heavy atom. The third-order valence-electron chi connectivity index (χ3n) is 4.99. The molecule has 0 aliphatic carbocycles. The Morgan fingerprint density at radius 2 is 1.93 bits per heavy atom. The molecule has 1 amide bonds. The van der Waals surface area contributed by atoms with E-state index in [2.05, 4.69) is 20.2 Å². The van der Waals surface area contributed by atoms with E-state index in [1.165, 1.54) is 24.3 Å². The van der Waals surface area contributed by atoms with Crippen molar-refractivity contribution in [1.29, 1.82) is 0 Å². The maximum absolute atomic E-state index is 13.1. The molecule has 0 bridgehead atoms. The van der Waals surface area contributed by atoms with Gasteiger partial charge in [-0.1, -0.05) is 0 Å². The van der Waals surface area contributed by atoms with Crippen LogP contribution in [0.5, 0.6) is 0 Å². The van der Waals surface area contributed by atoms with Gasteiger partial charge in [-0.15, -0.1) is 0 Å². The molecule has 1 aromatic carbocycles. The summed E-state index contributed by atoms with van der Waals surface area (Å²) in [5.74, 6) is 0.978. The summed E-state index contributed by atoms with van der Waals surface area (Å²) in [7, 11) is 0. The molecule has 2 aromatic heterocycles.